The molecule has 2 aromatic rings. The van der Waals surface area contributed by atoms with Crippen molar-refractivity contribution in [3.05, 3.63) is 45.6 Å². The molecular formula is C13H10O2S. The molecule has 1 aliphatic heterocycles. The van der Waals surface area contributed by atoms with Crippen LogP contribution < -0.4 is 5.43 Å². The van der Waals surface area contributed by atoms with Gasteiger partial charge in [-0.25, -0.2) is 0 Å². The summed E-state index contributed by atoms with van der Waals surface area (Å²) in [6.07, 6.45) is 3.85. The van der Waals surface area contributed by atoms with Crippen LogP contribution in [-0.4, -0.2) is 5.75 Å². The Morgan fingerprint density at radius 3 is 3.12 bits per heavy atom. The van der Waals surface area contributed by atoms with E-state index in [2.05, 4.69) is 0 Å². The summed E-state index contributed by atoms with van der Waals surface area (Å²) in [7, 11) is 0. The largest absolute Gasteiger partial charge is 0.449 e. The normalized spacial score (nSPS) is 14.1. The average molecular weight is 230 g/mol. The molecule has 0 radical (unpaired) electrons. The molecule has 1 aliphatic rings. The Morgan fingerprint density at radius 1 is 1.38 bits per heavy atom. The lowest BCUT2D eigenvalue weighted by atomic mass is 10.1. The predicted octanol–water partition coefficient (Wildman–Crippen LogP) is 3.22. The molecule has 3 rings (SSSR count). The molecule has 2 heterocycles. The number of thioether (sulfide) groups is 1. The molecule has 0 aliphatic carbocycles. The number of aryl methyl sites for hydroxylation is 1. The van der Waals surface area contributed by atoms with Crippen LogP contribution in [0.4, 0.5) is 0 Å². The third-order valence-corrected chi connectivity index (χ3v) is 3.57. The van der Waals surface area contributed by atoms with Gasteiger partial charge in [0.25, 0.3) is 0 Å². The first kappa shape index (κ1) is 9.73. The Balaban J connectivity index is 2.46. The van der Waals surface area contributed by atoms with Crippen molar-refractivity contribution in [1.82, 2.24) is 0 Å². The van der Waals surface area contributed by atoms with E-state index in [9.17, 15) is 4.79 Å². The molecule has 0 bridgehead atoms. The molecule has 80 valence electrons. The highest BCUT2D eigenvalue weighted by atomic mass is 32.2. The van der Waals surface area contributed by atoms with Crippen LogP contribution in [0.25, 0.3) is 17.0 Å². The van der Waals surface area contributed by atoms with E-state index in [4.69, 9.17) is 4.42 Å². The summed E-state index contributed by atoms with van der Waals surface area (Å²) in [5.74, 6) is 0.868. The SMILES string of the molecule is Cc1ccc2oc3c(c(=O)c2c1)C=CCS3. The smallest absolute Gasteiger partial charge is 0.201 e. The van der Waals surface area contributed by atoms with Gasteiger partial charge in [0.2, 0.25) is 5.43 Å². The number of rotatable bonds is 0. The fourth-order valence-electron chi connectivity index (χ4n) is 1.84. The van der Waals surface area contributed by atoms with Gasteiger partial charge in [0.15, 0.2) is 5.09 Å². The van der Waals surface area contributed by atoms with Gasteiger partial charge < -0.3 is 4.42 Å². The lowest BCUT2D eigenvalue weighted by molar-refractivity contribution is 0.497. The van der Waals surface area contributed by atoms with Crippen molar-refractivity contribution in [1.29, 1.82) is 0 Å². The average Bonchev–Trinajstić information content (AvgIpc) is 2.31. The van der Waals surface area contributed by atoms with E-state index >= 15 is 0 Å². The molecule has 3 heteroatoms. The first-order valence-corrected chi connectivity index (χ1v) is 6.11. The Kier molecular flexibility index (Phi) is 2.14. The van der Waals surface area contributed by atoms with Crippen molar-refractivity contribution in [2.45, 2.75) is 12.0 Å². The van der Waals surface area contributed by atoms with Crippen LogP contribution >= 0.6 is 11.8 Å². The quantitative estimate of drug-likeness (QED) is 0.696. The fraction of sp³-hybridized carbons (Fsp3) is 0.154. The van der Waals surface area contributed by atoms with Crippen LogP contribution in [0.5, 0.6) is 0 Å². The fourth-order valence-corrected chi connectivity index (χ4v) is 2.65. The van der Waals surface area contributed by atoms with E-state index in [1.807, 2.05) is 37.3 Å². The second-order valence-corrected chi connectivity index (χ2v) is 4.84. The van der Waals surface area contributed by atoms with Crippen LogP contribution in [0.15, 0.2) is 38.6 Å². The second-order valence-electron chi connectivity index (χ2n) is 3.85. The molecule has 1 aromatic heterocycles. The standard InChI is InChI=1S/C13H10O2S/c1-8-4-5-11-10(7-8)12(14)9-3-2-6-16-13(9)15-11/h2-5,7H,6H2,1H3. The Morgan fingerprint density at radius 2 is 2.25 bits per heavy atom. The molecule has 0 N–H and O–H groups in total. The molecule has 0 saturated carbocycles. The van der Waals surface area contributed by atoms with E-state index in [0.29, 0.717) is 16.5 Å². The van der Waals surface area contributed by atoms with Crippen molar-refractivity contribution in [3.8, 4) is 0 Å². The maximum Gasteiger partial charge on any atom is 0.201 e. The van der Waals surface area contributed by atoms with Crippen molar-refractivity contribution in [2.24, 2.45) is 0 Å². The summed E-state index contributed by atoms with van der Waals surface area (Å²) < 4.78 is 5.73. The van der Waals surface area contributed by atoms with Gasteiger partial charge >= 0.3 is 0 Å². The topological polar surface area (TPSA) is 30.2 Å². The molecule has 16 heavy (non-hydrogen) atoms. The summed E-state index contributed by atoms with van der Waals surface area (Å²) in [6.45, 7) is 1.98. The van der Waals surface area contributed by atoms with Crippen molar-refractivity contribution in [2.75, 3.05) is 5.75 Å². The van der Waals surface area contributed by atoms with Crippen LogP contribution in [0.2, 0.25) is 0 Å². The van der Waals surface area contributed by atoms with E-state index in [-0.39, 0.29) is 5.43 Å². The van der Waals surface area contributed by atoms with Crippen LogP contribution in [0.3, 0.4) is 0 Å². The maximum absolute atomic E-state index is 12.2. The second kappa shape index (κ2) is 3.52. The first-order valence-electron chi connectivity index (χ1n) is 5.12. The third-order valence-electron chi connectivity index (χ3n) is 2.64. The van der Waals surface area contributed by atoms with E-state index in [1.165, 1.54) is 0 Å². The van der Waals surface area contributed by atoms with E-state index < -0.39 is 0 Å². The van der Waals surface area contributed by atoms with Gasteiger partial charge in [-0.05, 0) is 25.1 Å². The number of hydrogen-bond donors (Lipinski definition) is 0. The molecule has 0 amide bonds. The van der Waals surface area contributed by atoms with Gasteiger partial charge in [-0.1, -0.05) is 29.5 Å². The summed E-state index contributed by atoms with van der Waals surface area (Å²) in [6, 6.07) is 5.71. The first-order chi connectivity index (χ1) is 7.75. The Bertz CT molecular complexity index is 653. The predicted molar refractivity (Wildman–Crippen MR) is 67.0 cm³/mol. The molecule has 0 fully saturated rings. The summed E-state index contributed by atoms with van der Waals surface area (Å²) in [4.78, 5) is 12.2. The lowest BCUT2D eigenvalue weighted by Crippen LogP contribution is -2.08. The zero-order valence-electron chi connectivity index (χ0n) is 8.82. The van der Waals surface area contributed by atoms with Crippen LogP contribution in [-0.2, 0) is 0 Å². The molecule has 2 nitrogen and oxygen atoms in total. The minimum absolute atomic E-state index is 0.0726. The van der Waals surface area contributed by atoms with Gasteiger partial charge in [-0.2, -0.15) is 0 Å². The summed E-state index contributed by atoms with van der Waals surface area (Å²) in [5, 5.41) is 1.41. The van der Waals surface area contributed by atoms with Crippen molar-refractivity contribution in [3.63, 3.8) is 0 Å². The molecule has 1 aromatic carbocycles. The van der Waals surface area contributed by atoms with Gasteiger partial charge in [0.05, 0.1) is 10.9 Å². The monoisotopic (exact) mass is 230 g/mol. The van der Waals surface area contributed by atoms with Crippen molar-refractivity contribution < 1.29 is 4.42 Å². The third kappa shape index (κ3) is 1.39. The van der Waals surface area contributed by atoms with Gasteiger partial charge in [0.1, 0.15) is 5.58 Å². The van der Waals surface area contributed by atoms with Crippen molar-refractivity contribution >= 4 is 28.8 Å². The van der Waals surface area contributed by atoms with Crippen LogP contribution in [0, 0.1) is 6.92 Å². The van der Waals surface area contributed by atoms with Gasteiger partial charge in [0, 0.05) is 5.75 Å². The lowest BCUT2D eigenvalue weighted by Gasteiger charge is -2.09. The molecule has 0 unspecified atom stereocenters. The number of fused-ring (bicyclic) bond motifs is 2. The number of benzene rings is 1. The summed E-state index contributed by atoms with van der Waals surface area (Å²) >= 11 is 1.57. The Hall–Kier alpha value is -1.48. The molecule has 0 spiro atoms. The van der Waals surface area contributed by atoms with E-state index in [1.54, 1.807) is 11.8 Å². The Labute approximate surface area is 97.0 Å². The highest BCUT2D eigenvalue weighted by Gasteiger charge is 2.14. The molecule has 0 saturated heterocycles. The maximum atomic E-state index is 12.2. The highest BCUT2D eigenvalue weighted by molar-refractivity contribution is 7.99. The zero-order valence-corrected chi connectivity index (χ0v) is 9.64. The number of hydrogen-bond acceptors (Lipinski definition) is 3. The van der Waals surface area contributed by atoms with Gasteiger partial charge in [-0.3, -0.25) is 4.79 Å². The van der Waals surface area contributed by atoms with E-state index in [0.717, 1.165) is 16.4 Å². The van der Waals surface area contributed by atoms with Crippen LogP contribution in [0.1, 0.15) is 11.1 Å². The highest BCUT2D eigenvalue weighted by Crippen LogP contribution is 2.29. The molecule has 0 atom stereocenters. The molecular weight excluding hydrogens is 220 g/mol. The minimum atomic E-state index is 0.0726. The minimum Gasteiger partial charge on any atom is -0.449 e. The zero-order chi connectivity index (χ0) is 11.1. The van der Waals surface area contributed by atoms with Gasteiger partial charge in [-0.15, -0.1) is 0 Å². The summed E-state index contributed by atoms with van der Waals surface area (Å²) in [5.41, 5.74) is 2.52.